The Labute approximate surface area is 165 Å². The van der Waals surface area contributed by atoms with Gasteiger partial charge in [-0.25, -0.2) is 4.98 Å². The maximum Gasteiger partial charge on any atom is 0.231 e. The number of thiazole rings is 1. The van der Waals surface area contributed by atoms with Gasteiger partial charge in [0.05, 0.1) is 5.69 Å². The van der Waals surface area contributed by atoms with E-state index in [9.17, 15) is 0 Å². The molecule has 0 unspecified atom stereocenters. The average molecular weight is 383 g/mol. The van der Waals surface area contributed by atoms with Crippen molar-refractivity contribution in [2.75, 3.05) is 12.5 Å². The van der Waals surface area contributed by atoms with Crippen molar-refractivity contribution in [2.45, 2.75) is 39.5 Å². The molecule has 2 aromatic carbocycles. The number of nitrogens with zero attached hydrogens (tertiary/aromatic N) is 1. The third-order valence-electron chi connectivity index (χ3n) is 4.17. The number of aryl methyl sites for hydroxylation is 1. The van der Waals surface area contributed by atoms with Gasteiger partial charge in [-0.1, -0.05) is 62.7 Å². The fourth-order valence-corrected chi connectivity index (χ4v) is 3.92. The predicted octanol–water partition coefficient (Wildman–Crippen LogP) is 5.34. The lowest BCUT2D eigenvalue weighted by Gasteiger charge is -2.17. The molecule has 1 aromatic heterocycles. The van der Waals surface area contributed by atoms with Gasteiger partial charge in [0.25, 0.3) is 0 Å². The third-order valence-corrected chi connectivity index (χ3v) is 5.05. The summed E-state index contributed by atoms with van der Waals surface area (Å²) in [6.45, 7) is 8.86. The van der Waals surface area contributed by atoms with Crippen molar-refractivity contribution >= 4 is 16.5 Å². The summed E-state index contributed by atoms with van der Waals surface area (Å²) in [5.41, 5.74) is 9.47. The molecule has 0 spiro atoms. The second-order valence-electron chi connectivity index (χ2n) is 7.59. The summed E-state index contributed by atoms with van der Waals surface area (Å²) >= 11 is 1.56. The van der Waals surface area contributed by atoms with Crippen LogP contribution in [-0.2, 0) is 11.8 Å². The third kappa shape index (κ3) is 5.01. The van der Waals surface area contributed by atoms with Crippen molar-refractivity contribution in [3.8, 4) is 11.5 Å². The molecular weight excluding hydrogens is 356 g/mol. The minimum atomic E-state index is -0.000206. The Balaban J connectivity index is 0.000000253. The topological polar surface area (TPSA) is 57.4 Å². The van der Waals surface area contributed by atoms with Gasteiger partial charge in [0.1, 0.15) is 0 Å². The van der Waals surface area contributed by atoms with Crippen LogP contribution in [0.4, 0.5) is 5.13 Å². The molecule has 0 aliphatic carbocycles. The molecule has 4 rings (SSSR count). The van der Waals surface area contributed by atoms with Gasteiger partial charge in [0, 0.05) is 16.7 Å². The van der Waals surface area contributed by atoms with Gasteiger partial charge in [-0.2, -0.15) is 0 Å². The van der Waals surface area contributed by atoms with Crippen LogP contribution in [0.3, 0.4) is 0 Å². The monoisotopic (exact) mass is 382 g/mol. The molecule has 3 aromatic rings. The Bertz CT molecular complexity index is 898. The van der Waals surface area contributed by atoms with Gasteiger partial charge >= 0.3 is 0 Å². The molecule has 0 saturated carbocycles. The van der Waals surface area contributed by atoms with E-state index < -0.39 is 0 Å². The fourth-order valence-electron chi connectivity index (χ4n) is 2.85. The molecular formula is C22H26N2O2S. The SMILES string of the molecule is CC(C)(C)c1nc(N)sc1Cc1ccc2c(c1)OCO2.Cc1ccccc1. The molecule has 4 nitrogen and oxygen atoms in total. The number of rotatable bonds is 2. The first kappa shape index (κ1) is 19.2. The van der Waals surface area contributed by atoms with Crippen molar-refractivity contribution < 1.29 is 9.47 Å². The number of fused-ring (bicyclic) bond motifs is 1. The van der Waals surface area contributed by atoms with Crippen molar-refractivity contribution in [3.63, 3.8) is 0 Å². The molecule has 0 bridgehead atoms. The van der Waals surface area contributed by atoms with Crippen LogP contribution in [-0.4, -0.2) is 11.8 Å². The average Bonchev–Trinajstić information content (AvgIpc) is 3.22. The van der Waals surface area contributed by atoms with E-state index in [1.54, 1.807) is 11.3 Å². The second kappa shape index (κ2) is 8.01. The van der Waals surface area contributed by atoms with Crippen LogP contribution in [0.25, 0.3) is 0 Å². The van der Waals surface area contributed by atoms with Crippen LogP contribution >= 0.6 is 11.3 Å². The minimum absolute atomic E-state index is 0.000206. The summed E-state index contributed by atoms with van der Waals surface area (Å²) in [5.74, 6) is 1.63. The van der Waals surface area contributed by atoms with E-state index in [4.69, 9.17) is 15.2 Å². The Hall–Kier alpha value is -2.53. The van der Waals surface area contributed by atoms with E-state index in [0.29, 0.717) is 11.9 Å². The number of benzene rings is 2. The first-order chi connectivity index (χ1) is 12.8. The van der Waals surface area contributed by atoms with Crippen LogP contribution < -0.4 is 15.2 Å². The van der Waals surface area contributed by atoms with Crippen LogP contribution in [0.2, 0.25) is 0 Å². The van der Waals surface area contributed by atoms with Crippen molar-refractivity contribution in [1.29, 1.82) is 0 Å². The number of aromatic nitrogens is 1. The Morgan fingerprint density at radius 2 is 1.74 bits per heavy atom. The van der Waals surface area contributed by atoms with Gasteiger partial charge in [0.2, 0.25) is 6.79 Å². The highest BCUT2D eigenvalue weighted by Crippen LogP contribution is 2.36. The first-order valence-electron chi connectivity index (χ1n) is 8.99. The molecule has 0 fully saturated rings. The molecule has 2 N–H and O–H groups in total. The number of anilines is 1. The smallest absolute Gasteiger partial charge is 0.231 e. The zero-order valence-electron chi connectivity index (χ0n) is 16.3. The fraction of sp³-hybridized carbons (Fsp3) is 0.318. The maximum absolute atomic E-state index is 5.88. The van der Waals surface area contributed by atoms with Crippen LogP contribution in [0.1, 0.15) is 42.5 Å². The highest BCUT2D eigenvalue weighted by atomic mass is 32.1. The highest BCUT2D eigenvalue weighted by molar-refractivity contribution is 7.15. The number of ether oxygens (including phenoxy) is 2. The van der Waals surface area contributed by atoms with E-state index in [1.165, 1.54) is 16.0 Å². The second-order valence-corrected chi connectivity index (χ2v) is 8.71. The summed E-state index contributed by atoms with van der Waals surface area (Å²) in [7, 11) is 0. The van der Waals surface area contributed by atoms with Crippen LogP contribution in [0, 0.1) is 6.92 Å². The van der Waals surface area contributed by atoms with Gasteiger partial charge in [-0.15, -0.1) is 11.3 Å². The molecule has 0 saturated heterocycles. The molecule has 27 heavy (non-hydrogen) atoms. The zero-order valence-corrected chi connectivity index (χ0v) is 17.1. The molecule has 0 amide bonds. The van der Waals surface area contributed by atoms with Gasteiger partial charge in [0.15, 0.2) is 16.6 Å². The normalized spacial score (nSPS) is 12.4. The molecule has 5 heteroatoms. The molecule has 2 heterocycles. The Morgan fingerprint density at radius 1 is 1.04 bits per heavy atom. The minimum Gasteiger partial charge on any atom is -0.454 e. The number of hydrogen-bond acceptors (Lipinski definition) is 5. The Kier molecular flexibility index (Phi) is 5.71. The van der Waals surface area contributed by atoms with E-state index in [-0.39, 0.29) is 5.41 Å². The van der Waals surface area contributed by atoms with E-state index in [2.05, 4.69) is 50.9 Å². The maximum atomic E-state index is 5.88. The van der Waals surface area contributed by atoms with Gasteiger partial charge in [-0.05, 0) is 24.6 Å². The van der Waals surface area contributed by atoms with Gasteiger partial charge in [-0.3, -0.25) is 0 Å². The number of hydrogen-bond donors (Lipinski definition) is 1. The van der Waals surface area contributed by atoms with Gasteiger partial charge < -0.3 is 15.2 Å². The molecule has 1 aliphatic heterocycles. The number of nitrogen functional groups attached to an aromatic ring is 1. The summed E-state index contributed by atoms with van der Waals surface area (Å²) in [6.07, 6.45) is 0.818. The zero-order chi connectivity index (χ0) is 19.4. The molecule has 0 radical (unpaired) electrons. The largest absolute Gasteiger partial charge is 0.454 e. The molecule has 0 atom stereocenters. The van der Waals surface area contributed by atoms with E-state index in [1.807, 2.05) is 30.3 Å². The van der Waals surface area contributed by atoms with E-state index in [0.717, 1.165) is 23.6 Å². The highest BCUT2D eigenvalue weighted by Gasteiger charge is 2.23. The van der Waals surface area contributed by atoms with Crippen molar-refractivity contribution in [1.82, 2.24) is 4.98 Å². The van der Waals surface area contributed by atoms with E-state index >= 15 is 0 Å². The summed E-state index contributed by atoms with van der Waals surface area (Å²) < 4.78 is 10.8. The van der Waals surface area contributed by atoms with Crippen molar-refractivity contribution in [2.24, 2.45) is 0 Å². The van der Waals surface area contributed by atoms with Crippen LogP contribution in [0.5, 0.6) is 11.5 Å². The standard InChI is InChI=1S/C15H18N2O2S.C7H8/c1-15(2,3)13-12(20-14(16)17-13)7-9-4-5-10-11(6-9)19-8-18-10;1-7-5-3-2-4-6-7/h4-6H,7-8H2,1-3H3,(H2,16,17);2-6H,1H3. The lowest BCUT2D eigenvalue weighted by molar-refractivity contribution is 0.174. The quantitative estimate of drug-likeness (QED) is 0.650. The summed E-state index contributed by atoms with van der Waals surface area (Å²) in [4.78, 5) is 5.71. The molecule has 142 valence electrons. The first-order valence-corrected chi connectivity index (χ1v) is 9.80. The lowest BCUT2D eigenvalue weighted by Crippen LogP contribution is -2.14. The Morgan fingerprint density at radius 3 is 2.37 bits per heavy atom. The summed E-state index contributed by atoms with van der Waals surface area (Å²) in [6, 6.07) is 16.3. The predicted molar refractivity (Wildman–Crippen MR) is 112 cm³/mol. The lowest BCUT2D eigenvalue weighted by atomic mass is 9.90. The molecule has 1 aliphatic rings. The number of nitrogens with two attached hydrogens (primary N) is 1. The van der Waals surface area contributed by atoms with Crippen LogP contribution in [0.15, 0.2) is 48.5 Å². The van der Waals surface area contributed by atoms with Crippen molar-refractivity contribution in [3.05, 3.63) is 70.2 Å². The summed E-state index contributed by atoms with van der Waals surface area (Å²) in [5, 5.41) is 0.630.